The number of hydrogen-bond donors (Lipinski definition) is 1. The fraction of sp³-hybridized carbons (Fsp3) is 0.158. The maximum absolute atomic E-state index is 12.2. The Hall–Kier alpha value is -3.46. The number of amides is 1. The molecule has 0 saturated heterocycles. The van der Waals surface area contributed by atoms with E-state index < -0.39 is 0 Å². The highest BCUT2D eigenvalue weighted by Gasteiger charge is 2.10. The molecule has 0 aliphatic heterocycles. The Kier molecular flexibility index (Phi) is 4.86. The van der Waals surface area contributed by atoms with E-state index in [0.717, 1.165) is 17.1 Å². The van der Waals surface area contributed by atoms with Crippen LogP contribution in [0.5, 0.6) is 0 Å². The van der Waals surface area contributed by atoms with Crippen LogP contribution in [-0.4, -0.2) is 27.0 Å². The van der Waals surface area contributed by atoms with Gasteiger partial charge in [0.2, 0.25) is 0 Å². The van der Waals surface area contributed by atoms with Gasteiger partial charge in [-0.05, 0) is 37.3 Å². The van der Waals surface area contributed by atoms with Crippen LogP contribution in [0, 0.1) is 18.3 Å². The van der Waals surface area contributed by atoms with Crippen LogP contribution in [0.3, 0.4) is 0 Å². The monoisotopic (exact) mass is 331 g/mol. The predicted molar refractivity (Wildman–Crippen MR) is 93.7 cm³/mol. The minimum absolute atomic E-state index is 0.194. The quantitative estimate of drug-likeness (QED) is 0.779. The standard InChI is InChI=1S/C19H17N5O/c1-14-13-23-18(16-5-7-21-8-6-16)24(14)10-9-22-19(25)17-4-2-3-15(11-17)12-20/h2-8,11,13H,9-10H2,1H3,(H,22,25). The van der Waals surface area contributed by atoms with Crippen LogP contribution in [0.2, 0.25) is 0 Å². The Morgan fingerprint density at radius 2 is 2.08 bits per heavy atom. The van der Waals surface area contributed by atoms with E-state index in [-0.39, 0.29) is 5.91 Å². The Bertz CT molecular complexity index is 924. The third-order valence-corrected chi connectivity index (χ3v) is 3.87. The Labute approximate surface area is 145 Å². The summed E-state index contributed by atoms with van der Waals surface area (Å²) in [6, 6.07) is 12.5. The van der Waals surface area contributed by atoms with Gasteiger partial charge in [-0.25, -0.2) is 4.98 Å². The molecule has 2 aromatic heterocycles. The van der Waals surface area contributed by atoms with E-state index in [1.54, 1.807) is 36.7 Å². The largest absolute Gasteiger partial charge is 0.350 e. The first-order valence-corrected chi connectivity index (χ1v) is 7.90. The minimum Gasteiger partial charge on any atom is -0.350 e. The molecular weight excluding hydrogens is 314 g/mol. The highest BCUT2D eigenvalue weighted by atomic mass is 16.1. The van der Waals surface area contributed by atoms with E-state index in [1.807, 2.05) is 31.3 Å². The predicted octanol–water partition coefficient (Wildman–Crippen LogP) is 2.56. The van der Waals surface area contributed by atoms with E-state index in [1.165, 1.54) is 0 Å². The van der Waals surface area contributed by atoms with Crippen molar-refractivity contribution >= 4 is 5.91 Å². The lowest BCUT2D eigenvalue weighted by Gasteiger charge is -2.11. The van der Waals surface area contributed by atoms with Crippen LogP contribution in [0.15, 0.2) is 55.0 Å². The lowest BCUT2D eigenvalue weighted by molar-refractivity contribution is 0.0952. The zero-order valence-electron chi connectivity index (χ0n) is 13.8. The summed E-state index contributed by atoms with van der Waals surface area (Å²) in [6.07, 6.45) is 5.27. The molecule has 0 spiro atoms. The third kappa shape index (κ3) is 3.72. The van der Waals surface area contributed by atoms with E-state index in [2.05, 4.69) is 19.9 Å². The zero-order valence-corrected chi connectivity index (χ0v) is 13.8. The van der Waals surface area contributed by atoms with Gasteiger partial charge in [0.15, 0.2) is 0 Å². The van der Waals surface area contributed by atoms with Crippen LogP contribution >= 0.6 is 0 Å². The molecule has 25 heavy (non-hydrogen) atoms. The molecule has 3 aromatic rings. The Balaban J connectivity index is 1.68. The van der Waals surface area contributed by atoms with Gasteiger partial charge in [0.25, 0.3) is 5.91 Å². The molecule has 0 saturated carbocycles. The van der Waals surface area contributed by atoms with Gasteiger partial charge in [-0.2, -0.15) is 5.26 Å². The third-order valence-electron chi connectivity index (χ3n) is 3.87. The summed E-state index contributed by atoms with van der Waals surface area (Å²) >= 11 is 0. The number of carbonyl (C=O) groups is 1. The molecule has 6 nitrogen and oxygen atoms in total. The molecule has 0 radical (unpaired) electrons. The highest BCUT2D eigenvalue weighted by molar-refractivity contribution is 5.94. The minimum atomic E-state index is -0.194. The van der Waals surface area contributed by atoms with Gasteiger partial charge in [0.05, 0.1) is 11.6 Å². The van der Waals surface area contributed by atoms with Crippen molar-refractivity contribution in [1.29, 1.82) is 5.26 Å². The van der Waals surface area contributed by atoms with Gasteiger partial charge in [-0.1, -0.05) is 6.07 Å². The molecule has 124 valence electrons. The highest BCUT2D eigenvalue weighted by Crippen LogP contribution is 2.18. The summed E-state index contributed by atoms with van der Waals surface area (Å²) in [5.74, 6) is 0.654. The molecule has 1 N–H and O–H groups in total. The fourth-order valence-electron chi connectivity index (χ4n) is 2.59. The first-order valence-electron chi connectivity index (χ1n) is 7.90. The number of rotatable bonds is 5. The first-order chi connectivity index (χ1) is 12.2. The number of aryl methyl sites for hydroxylation is 1. The van der Waals surface area contributed by atoms with Gasteiger partial charge in [-0.15, -0.1) is 0 Å². The van der Waals surface area contributed by atoms with Crippen molar-refractivity contribution in [2.45, 2.75) is 13.5 Å². The number of carbonyl (C=O) groups excluding carboxylic acids is 1. The van der Waals surface area contributed by atoms with Gasteiger partial charge in [0.1, 0.15) is 5.82 Å². The molecule has 2 heterocycles. The second kappa shape index (κ2) is 7.41. The van der Waals surface area contributed by atoms with E-state index in [4.69, 9.17) is 5.26 Å². The number of aromatic nitrogens is 3. The molecule has 0 aliphatic rings. The van der Waals surface area contributed by atoms with Crippen molar-refractivity contribution in [2.75, 3.05) is 6.54 Å². The van der Waals surface area contributed by atoms with E-state index >= 15 is 0 Å². The van der Waals surface area contributed by atoms with Gasteiger partial charge >= 0.3 is 0 Å². The van der Waals surface area contributed by atoms with Gasteiger partial charge < -0.3 is 9.88 Å². The second-order valence-corrected chi connectivity index (χ2v) is 5.56. The molecular formula is C19H17N5O. The zero-order chi connectivity index (χ0) is 17.6. The topological polar surface area (TPSA) is 83.6 Å². The number of pyridine rings is 1. The second-order valence-electron chi connectivity index (χ2n) is 5.56. The number of nitrogens with zero attached hydrogens (tertiary/aromatic N) is 4. The summed E-state index contributed by atoms with van der Waals surface area (Å²) in [5, 5.41) is 11.8. The lowest BCUT2D eigenvalue weighted by atomic mass is 10.1. The number of hydrogen-bond acceptors (Lipinski definition) is 4. The molecule has 0 fully saturated rings. The summed E-state index contributed by atoms with van der Waals surface area (Å²) in [4.78, 5) is 20.7. The average Bonchev–Trinajstić information content (AvgIpc) is 3.03. The number of nitrogens with one attached hydrogen (secondary N) is 1. The summed E-state index contributed by atoms with van der Waals surface area (Å²) in [6.45, 7) is 3.05. The Morgan fingerprint density at radius 3 is 2.84 bits per heavy atom. The van der Waals surface area contributed by atoms with Crippen LogP contribution in [-0.2, 0) is 6.54 Å². The number of imidazole rings is 1. The van der Waals surface area contributed by atoms with Crippen LogP contribution in [0.25, 0.3) is 11.4 Å². The van der Waals surface area contributed by atoms with Crippen molar-refractivity contribution in [3.63, 3.8) is 0 Å². The maximum atomic E-state index is 12.2. The van der Waals surface area contributed by atoms with Crippen LogP contribution in [0.1, 0.15) is 21.6 Å². The molecule has 1 amide bonds. The van der Waals surface area contributed by atoms with Crippen molar-refractivity contribution < 1.29 is 4.79 Å². The lowest BCUT2D eigenvalue weighted by Crippen LogP contribution is -2.27. The Morgan fingerprint density at radius 1 is 1.28 bits per heavy atom. The van der Waals surface area contributed by atoms with Crippen LogP contribution in [0.4, 0.5) is 0 Å². The fourth-order valence-corrected chi connectivity index (χ4v) is 2.59. The summed E-state index contributed by atoms with van der Waals surface area (Å²) < 4.78 is 2.06. The summed E-state index contributed by atoms with van der Waals surface area (Å²) in [5.41, 5.74) is 2.96. The van der Waals surface area contributed by atoms with Crippen molar-refractivity contribution in [3.8, 4) is 17.5 Å². The van der Waals surface area contributed by atoms with E-state index in [0.29, 0.717) is 24.2 Å². The van der Waals surface area contributed by atoms with E-state index in [9.17, 15) is 4.79 Å². The smallest absolute Gasteiger partial charge is 0.251 e. The average molecular weight is 331 g/mol. The maximum Gasteiger partial charge on any atom is 0.251 e. The van der Waals surface area contributed by atoms with Gasteiger partial charge in [-0.3, -0.25) is 9.78 Å². The van der Waals surface area contributed by atoms with Crippen LogP contribution < -0.4 is 5.32 Å². The number of benzene rings is 1. The van der Waals surface area contributed by atoms with Crippen molar-refractivity contribution in [2.24, 2.45) is 0 Å². The molecule has 0 atom stereocenters. The molecule has 6 heteroatoms. The first kappa shape index (κ1) is 16.4. The number of nitriles is 1. The molecule has 1 aromatic carbocycles. The molecule has 3 rings (SSSR count). The SMILES string of the molecule is Cc1cnc(-c2ccncc2)n1CCNC(=O)c1cccc(C#N)c1. The molecule has 0 unspecified atom stereocenters. The molecule has 0 aliphatic carbocycles. The molecule has 0 bridgehead atoms. The van der Waals surface area contributed by atoms with Crippen molar-refractivity contribution in [3.05, 3.63) is 71.8 Å². The van der Waals surface area contributed by atoms with Crippen molar-refractivity contribution in [1.82, 2.24) is 19.9 Å². The summed E-state index contributed by atoms with van der Waals surface area (Å²) in [7, 11) is 0. The normalized spacial score (nSPS) is 10.2. The van der Waals surface area contributed by atoms with Gasteiger partial charge in [0, 0.05) is 48.5 Å².